The zero-order valence-electron chi connectivity index (χ0n) is 5.57. The summed E-state index contributed by atoms with van der Waals surface area (Å²) in [5.41, 5.74) is 0. The zero-order chi connectivity index (χ0) is 8.20. The van der Waals surface area contributed by atoms with Crippen molar-refractivity contribution in [2.24, 2.45) is 0 Å². The second-order valence-electron chi connectivity index (χ2n) is 2.02. The van der Waals surface area contributed by atoms with Gasteiger partial charge in [0, 0.05) is 20.0 Å². The quantitative estimate of drug-likeness (QED) is 0.382. The molecule has 0 aliphatic carbocycles. The molecule has 0 bridgehead atoms. The molecular weight excluding hydrogens is 140 g/mol. The number of aliphatic hydroxyl groups excluding tert-OH is 1. The first-order valence-electron chi connectivity index (χ1n) is 2.73. The first kappa shape index (κ1) is 9.19. The summed E-state index contributed by atoms with van der Waals surface area (Å²) in [5, 5.41) is 25.2. The van der Waals surface area contributed by atoms with E-state index in [1.165, 1.54) is 0 Å². The summed E-state index contributed by atoms with van der Waals surface area (Å²) in [5.74, 6) is -1.78. The van der Waals surface area contributed by atoms with E-state index in [0.717, 1.165) is 6.92 Å². The van der Waals surface area contributed by atoms with Gasteiger partial charge in [-0.15, -0.1) is 0 Å². The van der Waals surface area contributed by atoms with E-state index < -0.39 is 11.9 Å². The van der Waals surface area contributed by atoms with Gasteiger partial charge in [0.25, 0.3) is 0 Å². The highest BCUT2D eigenvalue weighted by Gasteiger charge is 2.23. The highest BCUT2D eigenvalue weighted by molar-refractivity contribution is 5.57. The molecular formula is C5H10O5. The predicted molar refractivity (Wildman–Crippen MR) is 31.4 cm³/mol. The van der Waals surface area contributed by atoms with Crippen molar-refractivity contribution in [3.63, 3.8) is 0 Å². The van der Waals surface area contributed by atoms with Crippen LogP contribution >= 0.6 is 0 Å². The Labute approximate surface area is 57.9 Å². The zero-order valence-corrected chi connectivity index (χ0v) is 5.57. The van der Waals surface area contributed by atoms with Gasteiger partial charge in [0.2, 0.25) is 5.79 Å². The van der Waals surface area contributed by atoms with Crippen LogP contribution in [-0.4, -0.2) is 33.9 Å². The molecule has 0 aromatic carbocycles. The maximum absolute atomic E-state index is 9.83. The largest absolute Gasteiger partial charge is 0.508 e. The van der Waals surface area contributed by atoms with E-state index in [-0.39, 0.29) is 13.0 Å². The Morgan fingerprint density at radius 2 is 2.20 bits per heavy atom. The van der Waals surface area contributed by atoms with Gasteiger partial charge in [0.15, 0.2) is 0 Å². The molecule has 0 aliphatic rings. The third-order valence-corrected chi connectivity index (χ3v) is 0.883. The molecule has 0 saturated heterocycles. The maximum Gasteiger partial charge on any atom is 0.508 e. The molecule has 0 aliphatic heterocycles. The number of rotatable bonds is 3. The van der Waals surface area contributed by atoms with Crippen LogP contribution in [0, 0.1) is 0 Å². The van der Waals surface area contributed by atoms with Crippen molar-refractivity contribution in [1.82, 2.24) is 0 Å². The first-order valence-corrected chi connectivity index (χ1v) is 2.73. The molecule has 5 nitrogen and oxygen atoms in total. The molecule has 10 heavy (non-hydrogen) atoms. The van der Waals surface area contributed by atoms with E-state index in [2.05, 4.69) is 4.74 Å². The van der Waals surface area contributed by atoms with Crippen LogP contribution in [0.4, 0.5) is 4.79 Å². The van der Waals surface area contributed by atoms with Crippen LogP contribution in [0.3, 0.4) is 0 Å². The molecule has 0 heterocycles. The average Bonchev–Trinajstić information content (AvgIpc) is 1.59. The monoisotopic (exact) mass is 150 g/mol. The van der Waals surface area contributed by atoms with Crippen molar-refractivity contribution in [2.75, 3.05) is 6.61 Å². The molecule has 0 saturated carbocycles. The third kappa shape index (κ3) is 4.11. The van der Waals surface area contributed by atoms with Crippen LogP contribution in [0.15, 0.2) is 0 Å². The fourth-order valence-corrected chi connectivity index (χ4v) is 0.447. The summed E-state index contributed by atoms with van der Waals surface area (Å²) in [6.45, 7) is 0.845. The van der Waals surface area contributed by atoms with Gasteiger partial charge in [-0.25, -0.2) is 4.79 Å². The Morgan fingerprint density at radius 1 is 1.70 bits per heavy atom. The molecule has 5 heteroatoms. The topological polar surface area (TPSA) is 87.0 Å². The van der Waals surface area contributed by atoms with Gasteiger partial charge < -0.3 is 20.1 Å². The molecule has 0 fully saturated rings. The van der Waals surface area contributed by atoms with E-state index in [1.807, 2.05) is 0 Å². The van der Waals surface area contributed by atoms with E-state index in [4.69, 9.17) is 15.3 Å². The lowest BCUT2D eigenvalue weighted by Gasteiger charge is -2.19. The number of ether oxygens (including phenoxy) is 1. The van der Waals surface area contributed by atoms with Crippen LogP contribution in [0.25, 0.3) is 0 Å². The Hall–Kier alpha value is -0.810. The van der Waals surface area contributed by atoms with Gasteiger partial charge in [-0.3, -0.25) is 0 Å². The average molecular weight is 150 g/mol. The Morgan fingerprint density at radius 3 is 2.50 bits per heavy atom. The summed E-state index contributed by atoms with van der Waals surface area (Å²) in [7, 11) is 0. The molecule has 0 rings (SSSR count). The summed E-state index contributed by atoms with van der Waals surface area (Å²) < 4.78 is 3.99. The van der Waals surface area contributed by atoms with Gasteiger partial charge in [0.1, 0.15) is 0 Å². The van der Waals surface area contributed by atoms with E-state index >= 15 is 0 Å². The van der Waals surface area contributed by atoms with Crippen LogP contribution in [0.2, 0.25) is 0 Å². The number of aliphatic hydroxyl groups is 2. The molecule has 0 aromatic heterocycles. The number of carbonyl (C=O) groups is 1. The molecule has 0 radical (unpaired) electrons. The minimum Gasteiger partial charge on any atom is -0.450 e. The van der Waals surface area contributed by atoms with Gasteiger partial charge in [-0.1, -0.05) is 0 Å². The maximum atomic E-state index is 9.83. The summed E-state index contributed by atoms with van der Waals surface area (Å²) in [6, 6.07) is 0. The third-order valence-electron chi connectivity index (χ3n) is 0.883. The van der Waals surface area contributed by atoms with Crippen molar-refractivity contribution in [2.45, 2.75) is 19.1 Å². The second-order valence-corrected chi connectivity index (χ2v) is 2.02. The lowest BCUT2D eigenvalue weighted by molar-refractivity contribution is -0.167. The second kappa shape index (κ2) is 3.38. The lowest BCUT2D eigenvalue weighted by Crippen LogP contribution is -2.31. The van der Waals surface area contributed by atoms with Crippen molar-refractivity contribution in [3.8, 4) is 0 Å². The summed E-state index contributed by atoms with van der Waals surface area (Å²) in [6.07, 6.45) is -1.68. The normalized spacial score (nSPS) is 15.9. The van der Waals surface area contributed by atoms with Crippen LogP contribution < -0.4 is 0 Å². The Bertz CT molecular complexity index is 119. The lowest BCUT2D eigenvalue weighted by atomic mass is 10.2. The van der Waals surface area contributed by atoms with E-state index in [1.54, 1.807) is 0 Å². The number of hydrogen-bond donors (Lipinski definition) is 3. The van der Waals surface area contributed by atoms with Gasteiger partial charge in [-0.2, -0.15) is 0 Å². The van der Waals surface area contributed by atoms with Gasteiger partial charge in [0.05, 0.1) is 0 Å². The van der Waals surface area contributed by atoms with E-state index in [9.17, 15) is 4.79 Å². The fraction of sp³-hybridized carbons (Fsp3) is 0.800. The SMILES string of the molecule is C[C@@](O)(CCO)OC(=O)O. The minimum absolute atomic E-state index is 0.126. The standard InChI is InChI=1S/C5H10O5/c1-5(9,2-3-6)10-4(7)8/h6,9H,2-3H2,1H3,(H,7,8)/t5-/m0/s1. The smallest absolute Gasteiger partial charge is 0.450 e. The molecule has 0 spiro atoms. The van der Waals surface area contributed by atoms with Crippen LogP contribution in [0.5, 0.6) is 0 Å². The van der Waals surface area contributed by atoms with Crippen LogP contribution in [0.1, 0.15) is 13.3 Å². The highest BCUT2D eigenvalue weighted by atomic mass is 16.7. The van der Waals surface area contributed by atoms with Crippen molar-refractivity contribution >= 4 is 6.16 Å². The molecule has 0 aromatic rings. The number of hydrogen-bond acceptors (Lipinski definition) is 4. The minimum atomic E-state index is -1.78. The summed E-state index contributed by atoms with van der Waals surface area (Å²) in [4.78, 5) is 9.83. The molecule has 0 unspecified atom stereocenters. The van der Waals surface area contributed by atoms with Crippen molar-refractivity contribution < 1.29 is 24.9 Å². The highest BCUT2D eigenvalue weighted by Crippen LogP contribution is 2.09. The van der Waals surface area contributed by atoms with Crippen molar-refractivity contribution in [3.05, 3.63) is 0 Å². The number of carboxylic acid groups (broad SMARTS) is 1. The Kier molecular flexibility index (Phi) is 3.11. The van der Waals surface area contributed by atoms with Gasteiger partial charge >= 0.3 is 6.16 Å². The van der Waals surface area contributed by atoms with Crippen molar-refractivity contribution in [1.29, 1.82) is 0 Å². The van der Waals surface area contributed by atoms with Crippen LogP contribution in [-0.2, 0) is 4.74 Å². The first-order chi connectivity index (χ1) is 4.48. The predicted octanol–water partition coefficient (Wildman–Crippen LogP) is -0.228. The van der Waals surface area contributed by atoms with E-state index in [0.29, 0.717) is 0 Å². The molecule has 60 valence electrons. The fourth-order valence-electron chi connectivity index (χ4n) is 0.447. The molecule has 3 N–H and O–H groups in total. The summed E-state index contributed by atoms with van der Waals surface area (Å²) >= 11 is 0. The van der Waals surface area contributed by atoms with Gasteiger partial charge in [-0.05, 0) is 0 Å². The Balaban J connectivity index is 3.74. The molecule has 1 atom stereocenters. The molecule has 0 amide bonds.